The van der Waals surface area contributed by atoms with E-state index in [9.17, 15) is 0 Å². The van der Waals surface area contributed by atoms with Gasteiger partial charge in [-0.25, -0.2) is 0 Å². The zero-order valence-corrected chi connectivity index (χ0v) is 10.1. The van der Waals surface area contributed by atoms with Crippen LogP contribution in [-0.4, -0.2) is 38.7 Å². The molecule has 17 heavy (non-hydrogen) atoms. The van der Waals surface area contributed by atoms with Gasteiger partial charge < -0.3 is 19.9 Å². The summed E-state index contributed by atoms with van der Waals surface area (Å²) in [6.07, 6.45) is 4.65. The van der Waals surface area contributed by atoms with E-state index in [1.165, 1.54) is 0 Å². The van der Waals surface area contributed by atoms with Crippen molar-refractivity contribution >= 4 is 0 Å². The van der Waals surface area contributed by atoms with Gasteiger partial charge >= 0.3 is 0 Å². The number of hydrogen-bond donors (Lipinski definition) is 2. The van der Waals surface area contributed by atoms with E-state index in [0.29, 0.717) is 19.8 Å². The number of nitrogens with one attached hydrogen (secondary N) is 1. The average Bonchev–Trinajstić information content (AvgIpc) is 2.35. The van der Waals surface area contributed by atoms with Crippen LogP contribution < -0.4 is 11.1 Å². The van der Waals surface area contributed by atoms with Gasteiger partial charge in [-0.2, -0.15) is 0 Å². The minimum atomic E-state index is -0.0645. The molecule has 1 fully saturated rings. The van der Waals surface area contributed by atoms with Crippen LogP contribution in [0, 0.1) is 0 Å². The summed E-state index contributed by atoms with van der Waals surface area (Å²) in [4.78, 5) is 0. The maximum atomic E-state index is 5.72. The number of morpholine rings is 1. The zero-order chi connectivity index (χ0) is 12.1. The van der Waals surface area contributed by atoms with Gasteiger partial charge in [0.2, 0.25) is 0 Å². The Kier molecular flexibility index (Phi) is 4.42. The Bertz CT molecular complexity index is 315. The lowest BCUT2D eigenvalue weighted by atomic mass is 10.0. The lowest BCUT2D eigenvalue weighted by Crippen LogP contribution is -2.49. The highest BCUT2D eigenvalue weighted by molar-refractivity contribution is 5.27. The number of ether oxygens (including phenoxy) is 3. The van der Waals surface area contributed by atoms with E-state index in [1.54, 1.807) is 0 Å². The minimum Gasteiger partial charge on any atom is -0.492 e. The SMILES string of the molecule is CCOCCO[C@H]1COC2=CC(N)=CCC2N1. The lowest BCUT2D eigenvalue weighted by molar-refractivity contribution is -0.0671. The van der Waals surface area contributed by atoms with Gasteiger partial charge in [0, 0.05) is 18.4 Å². The van der Waals surface area contributed by atoms with E-state index in [0.717, 1.165) is 24.5 Å². The van der Waals surface area contributed by atoms with Crippen LogP contribution in [0.1, 0.15) is 13.3 Å². The molecular weight excluding hydrogens is 220 g/mol. The summed E-state index contributed by atoms with van der Waals surface area (Å²) in [5.41, 5.74) is 6.49. The number of allylic oxidation sites excluding steroid dienone is 1. The van der Waals surface area contributed by atoms with Gasteiger partial charge in [-0.1, -0.05) is 6.08 Å². The highest BCUT2D eigenvalue weighted by atomic mass is 16.6. The Morgan fingerprint density at radius 1 is 1.53 bits per heavy atom. The zero-order valence-electron chi connectivity index (χ0n) is 10.1. The Labute approximate surface area is 102 Å². The topological polar surface area (TPSA) is 65.7 Å². The van der Waals surface area contributed by atoms with E-state index in [4.69, 9.17) is 19.9 Å². The van der Waals surface area contributed by atoms with Crippen molar-refractivity contribution < 1.29 is 14.2 Å². The first-order valence-electron chi connectivity index (χ1n) is 6.05. The molecule has 0 aromatic heterocycles. The summed E-state index contributed by atoms with van der Waals surface area (Å²) in [6.45, 7) is 4.41. The molecule has 2 aliphatic rings. The molecule has 0 bridgehead atoms. The van der Waals surface area contributed by atoms with Gasteiger partial charge in [0.05, 0.1) is 19.3 Å². The van der Waals surface area contributed by atoms with Crippen molar-refractivity contribution in [1.82, 2.24) is 5.32 Å². The second-order valence-electron chi connectivity index (χ2n) is 4.07. The third-order valence-electron chi connectivity index (χ3n) is 2.78. The summed E-state index contributed by atoms with van der Waals surface area (Å²) >= 11 is 0. The van der Waals surface area contributed by atoms with Crippen LogP contribution in [0.5, 0.6) is 0 Å². The summed E-state index contributed by atoms with van der Waals surface area (Å²) < 4.78 is 16.5. The smallest absolute Gasteiger partial charge is 0.143 e. The van der Waals surface area contributed by atoms with Crippen molar-refractivity contribution in [3.63, 3.8) is 0 Å². The number of nitrogens with two attached hydrogens (primary N) is 1. The second kappa shape index (κ2) is 6.05. The van der Waals surface area contributed by atoms with Crippen molar-refractivity contribution in [2.45, 2.75) is 25.6 Å². The quantitative estimate of drug-likeness (QED) is 0.684. The Balaban J connectivity index is 1.74. The first-order valence-corrected chi connectivity index (χ1v) is 6.05. The van der Waals surface area contributed by atoms with Crippen molar-refractivity contribution in [2.75, 3.05) is 26.4 Å². The fourth-order valence-corrected chi connectivity index (χ4v) is 1.92. The molecule has 5 nitrogen and oxygen atoms in total. The fraction of sp³-hybridized carbons (Fsp3) is 0.667. The molecule has 1 aliphatic heterocycles. The standard InChI is InChI=1S/C12H20N2O3/c1-2-15-5-6-16-12-8-17-11-7-9(13)3-4-10(11)14-12/h3,7,10,12,14H,2,4-6,8,13H2,1H3/t10?,12-/m0/s1. The van der Waals surface area contributed by atoms with E-state index in [2.05, 4.69) is 5.32 Å². The summed E-state index contributed by atoms with van der Waals surface area (Å²) in [6, 6.07) is 0.188. The van der Waals surface area contributed by atoms with Crippen molar-refractivity contribution in [3.05, 3.63) is 23.6 Å². The molecule has 0 aromatic rings. The van der Waals surface area contributed by atoms with Gasteiger partial charge in [0.1, 0.15) is 18.6 Å². The maximum Gasteiger partial charge on any atom is 0.143 e. The van der Waals surface area contributed by atoms with Gasteiger partial charge in [0.25, 0.3) is 0 Å². The molecule has 5 heteroatoms. The van der Waals surface area contributed by atoms with Crippen LogP contribution in [0.2, 0.25) is 0 Å². The van der Waals surface area contributed by atoms with Gasteiger partial charge in [-0.05, 0) is 13.3 Å². The first-order chi connectivity index (χ1) is 8.29. The molecule has 0 radical (unpaired) electrons. The van der Waals surface area contributed by atoms with Crippen LogP contribution >= 0.6 is 0 Å². The molecule has 1 saturated heterocycles. The van der Waals surface area contributed by atoms with E-state index in [1.807, 2.05) is 19.1 Å². The van der Waals surface area contributed by atoms with E-state index >= 15 is 0 Å². The molecule has 0 aromatic carbocycles. The van der Waals surface area contributed by atoms with Gasteiger partial charge in [0.15, 0.2) is 0 Å². The molecule has 0 amide bonds. The van der Waals surface area contributed by atoms with Gasteiger partial charge in [-0.3, -0.25) is 5.32 Å². The number of rotatable bonds is 5. The summed E-state index contributed by atoms with van der Waals surface area (Å²) in [7, 11) is 0. The Morgan fingerprint density at radius 2 is 2.41 bits per heavy atom. The minimum absolute atomic E-state index is 0.0645. The molecule has 0 spiro atoms. The second-order valence-corrected chi connectivity index (χ2v) is 4.07. The molecule has 1 aliphatic carbocycles. The summed E-state index contributed by atoms with van der Waals surface area (Å²) in [5, 5.41) is 3.38. The molecule has 2 atom stereocenters. The van der Waals surface area contributed by atoms with Crippen LogP contribution in [0.3, 0.4) is 0 Å². The molecule has 1 heterocycles. The van der Waals surface area contributed by atoms with E-state index in [-0.39, 0.29) is 12.3 Å². The maximum absolute atomic E-state index is 5.72. The largest absolute Gasteiger partial charge is 0.492 e. The van der Waals surface area contributed by atoms with Crippen LogP contribution in [0.4, 0.5) is 0 Å². The molecule has 2 rings (SSSR count). The molecule has 3 N–H and O–H groups in total. The third kappa shape index (κ3) is 3.46. The van der Waals surface area contributed by atoms with E-state index < -0.39 is 0 Å². The predicted octanol–water partition coefficient (Wildman–Crippen LogP) is 0.484. The Hall–Kier alpha value is -1.04. The highest BCUT2D eigenvalue weighted by Gasteiger charge is 2.27. The predicted molar refractivity (Wildman–Crippen MR) is 64.1 cm³/mol. The highest BCUT2D eigenvalue weighted by Crippen LogP contribution is 2.21. The number of fused-ring (bicyclic) bond motifs is 1. The first kappa shape index (κ1) is 12.4. The number of hydrogen-bond acceptors (Lipinski definition) is 5. The average molecular weight is 240 g/mol. The van der Waals surface area contributed by atoms with Crippen LogP contribution in [0.25, 0.3) is 0 Å². The normalized spacial score (nSPS) is 27.8. The lowest BCUT2D eigenvalue weighted by Gasteiger charge is -2.34. The van der Waals surface area contributed by atoms with Crippen molar-refractivity contribution in [3.8, 4) is 0 Å². The van der Waals surface area contributed by atoms with Crippen molar-refractivity contribution in [1.29, 1.82) is 0 Å². The fourth-order valence-electron chi connectivity index (χ4n) is 1.92. The van der Waals surface area contributed by atoms with Crippen molar-refractivity contribution in [2.24, 2.45) is 5.73 Å². The molecule has 96 valence electrons. The molecule has 0 saturated carbocycles. The Morgan fingerprint density at radius 3 is 3.24 bits per heavy atom. The van der Waals surface area contributed by atoms with Crippen LogP contribution in [0.15, 0.2) is 23.6 Å². The third-order valence-corrected chi connectivity index (χ3v) is 2.78. The van der Waals surface area contributed by atoms with Crippen LogP contribution in [-0.2, 0) is 14.2 Å². The monoisotopic (exact) mass is 240 g/mol. The molecule has 1 unspecified atom stereocenters. The summed E-state index contributed by atoms with van der Waals surface area (Å²) in [5.74, 6) is 0.912. The van der Waals surface area contributed by atoms with Gasteiger partial charge in [-0.15, -0.1) is 0 Å². The molecular formula is C12H20N2O3.